The lowest BCUT2D eigenvalue weighted by Gasteiger charge is -2.14. The van der Waals surface area contributed by atoms with Gasteiger partial charge in [-0.2, -0.15) is 5.10 Å². The Morgan fingerprint density at radius 2 is 1.87 bits per heavy atom. The van der Waals surface area contributed by atoms with Crippen molar-refractivity contribution in [2.75, 3.05) is 5.32 Å². The molecule has 3 aromatic rings. The van der Waals surface area contributed by atoms with E-state index in [1.54, 1.807) is 19.1 Å². The first-order valence-corrected chi connectivity index (χ1v) is 10.2. The van der Waals surface area contributed by atoms with Gasteiger partial charge in [0.2, 0.25) is 0 Å². The van der Waals surface area contributed by atoms with Gasteiger partial charge in [-0.1, -0.05) is 41.4 Å². The van der Waals surface area contributed by atoms with Gasteiger partial charge in [0.05, 0.1) is 21.3 Å². The minimum atomic E-state index is -0.594. The van der Waals surface area contributed by atoms with E-state index in [0.717, 1.165) is 0 Å². The number of halogens is 4. The Balaban J connectivity index is 2.03. The van der Waals surface area contributed by atoms with Crippen LogP contribution in [0.1, 0.15) is 27.8 Å². The monoisotopic (exact) mass is 527 g/mol. The van der Waals surface area contributed by atoms with Crippen LogP contribution in [0, 0.1) is 0 Å². The molecule has 0 radical (unpaired) electrons. The van der Waals surface area contributed by atoms with Crippen molar-refractivity contribution < 1.29 is 9.59 Å². The number of carbonyl (C=O) groups excluding carboxylic acids is 2. The van der Waals surface area contributed by atoms with Crippen LogP contribution >= 0.6 is 50.7 Å². The molecule has 30 heavy (non-hydrogen) atoms. The van der Waals surface area contributed by atoms with E-state index in [1.165, 1.54) is 29.1 Å². The van der Waals surface area contributed by atoms with Crippen molar-refractivity contribution in [1.29, 1.82) is 0 Å². The summed E-state index contributed by atoms with van der Waals surface area (Å²) in [4.78, 5) is 29.8. The van der Waals surface area contributed by atoms with Crippen molar-refractivity contribution in [2.45, 2.75) is 6.92 Å². The van der Waals surface area contributed by atoms with Crippen LogP contribution in [0.5, 0.6) is 0 Å². The Hall–Kier alpha value is -2.39. The molecule has 0 saturated heterocycles. The Kier molecular flexibility index (Phi) is 6.82. The van der Waals surface area contributed by atoms with Gasteiger partial charge in [-0.15, -0.1) is 0 Å². The van der Waals surface area contributed by atoms with Gasteiger partial charge in [0.15, 0.2) is 5.82 Å². The average molecular weight is 530 g/mol. The van der Waals surface area contributed by atoms with Gasteiger partial charge in [0.1, 0.15) is 10.3 Å². The molecule has 11 heteroatoms. The van der Waals surface area contributed by atoms with E-state index in [-0.39, 0.29) is 32.8 Å². The summed E-state index contributed by atoms with van der Waals surface area (Å²) in [5.74, 6) is -0.856. The Bertz CT molecular complexity index is 1180. The summed E-state index contributed by atoms with van der Waals surface area (Å²) >= 11 is 21.7. The van der Waals surface area contributed by atoms with Crippen molar-refractivity contribution in [2.24, 2.45) is 0 Å². The fourth-order valence-corrected chi connectivity index (χ4v) is 3.64. The zero-order valence-corrected chi connectivity index (χ0v) is 19.2. The van der Waals surface area contributed by atoms with Crippen LogP contribution < -0.4 is 10.6 Å². The number of nitrogens with zero attached hydrogens (tertiary/aromatic N) is 3. The smallest absolute Gasteiger partial charge is 0.274 e. The first-order chi connectivity index (χ1) is 14.2. The molecule has 2 heterocycles. The summed E-state index contributed by atoms with van der Waals surface area (Å²) in [7, 11) is 0. The van der Waals surface area contributed by atoms with E-state index in [2.05, 4.69) is 43.2 Å². The summed E-state index contributed by atoms with van der Waals surface area (Å²) in [6, 6.07) is 7.57. The van der Waals surface area contributed by atoms with Crippen LogP contribution in [-0.4, -0.2) is 26.6 Å². The Labute approximate surface area is 195 Å². The molecule has 0 aliphatic heterocycles. The number of rotatable bonds is 5. The molecule has 2 N–H and O–H groups in total. The van der Waals surface area contributed by atoms with E-state index in [0.29, 0.717) is 15.3 Å². The fourth-order valence-electron chi connectivity index (χ4n) is 2.53. The molecule has 0 saturated carbocycles. The molecule has 0 unspecified atom stereocenters. The molecule has 7 nitrogen and oxygen atoms in total. The number of aromatic nitrogens is 3. The topological polar surface area (TPSA) is 88.9 Å². The second-order valence-corrected chi connectivity index (χ2v) is 8.14. The molecule has 0 atom stereocenters. The number of benzene rings is 1. The highest BCUT2D eigenvalue weighted by Gasteiger charge is 2.23. The number of carbonyl (C=O) groups is 2. The van der Waals surface area contributed by atoms with Gasteiger partial charge in [-0.3, -0.25) is 9.59 Å². The molecular formula is C19H13BrCl3N5O2. The standard InChI is InChI=1S/C19H13BrCl3N5O2/c1-9(2)25-18(29)11-6-10(21)7-13(23)16(11)26-19(30)14-8-15(20)27-28(14)17-12(22)4-3-5-24-17/h3-8H,1H2,2H3,(H,25,29)(H,26,30). The van der Waals surface area contributed by atoms with Crippen LogP contribution in [0.4, 0.5) is 5.69 Å². The second kappa shape index (κ2) is 9.18. The molecule has 0 bridgehead atoms. The van der Waals surface area contributed by atoms with Crippen LogP contribution in [0.3, 0.4) is 0 Å². The van der Waals surface area contributed by atoms with Crippen molar-refractivity contribution in [1.82, 2.24) is 20.1 Å². The van der Waals surface area contributed by atoms with Gasteiger partial charge >= 0.3 is 0 Å². The molecule has 2 amide bonds. The Morgan fingerprint density at radius 3 is 2.53 bits per heavy atom. The van der Waals surface area contributed by atoms with E-state index in [4.69, 9.17) is 34.8 Å². The number of hydrogen-bond acceptors (Lipinski definition) is 4. The molecule has 154 valence electrons. The molecule has 0 fully saturated rings. The molecule has 3 rings (SSSR count). The van der Waals surface area contributed by atoms with Crippen molar-refractivity contribution in [3.63, 3.8) is 0 Å². The van der Waals surface area contributed by atoms with Crippen LogP contribution in [0.15, 0.2) is 53.4 Å². The maximum absolute atomic E-state index is 13.1. The third-order valence-electron chi connectivity index (χ3n) is 3.72. The lowest BCUT2D eigenvalue weighted by atomic mass is 10.1. The van der Waals surface area contributed by atoms with E-state index < -0.39 is 11.8 Å². The zero-order valence-electron chi connectivity index (χ0n) is 15.3. The largest absolute Gasteiger partial charge is 0.327 e. The van der Waals surface area contributed by atoms with Crippen LogP contribution in [-0.2, 0) is 0 Å². The van der Waals surface area contributed by atoms with E-state index in [1.807, 2.05) is 0 Å². The van der Waals surface area contributed by atoms with Crippen LogP contribution in [0.25, 0.3) is 5.82 Å². The SMILES string of the molecule is C=C(C)NC(=O)c1cc(Cl)cc(Cl)c1NC(=O)c1cc(Br)nn1-c1ncccc1Cl. The summed E-state index contributed by atoms with van der Waals surface area (Å²) in [5, 5.41) is 10.0. The summed E-state index contributed by atoms with van der Waals surface area (Å²) in [6.07, 6.45) is 1.52. The molecule has 0 aliphatic carbocycles. The molecule has 0 spiro atoms. The number of amides is 2. The number of allylic oxidation sites excluding steroid dienone is 1. The number of anilines is 1. The summed E-state index contributed by atoms with van der Waals surface area (Å²) in [5.41, 5.74) is 0.686. The lowest BCUT2D eigenvalue weighted by molar-refractivity contribution is 0.0967. The van der Waals surface area contributed by atoms with E-state index >= 15 is 0 Å². The first-order valence-electron chi connectivity index (χ1n) is 8.31. The maximum Gasteiger partial charge on any atom is 0.274 e. The van der Waals surface area contributed by atoms with Crippen molar-refractivity contribution in [3.05, 3.63) is 79.7 Å². The fraction of sp³-hybridized carbons (Fsp3) is 0.0526. The van der Waals surface area contributed by atoms with Gasteiger partial charge in [-0.25, -0.2) is 9.67 Å². The number of pyridine rings is 1. The molecule has 2 aromatic heterocycles. The first kappa shape index (κ1) is 22.3. The highest BCUT2D eigenvalue weighted by Crippen LogP contribution is 2.31. The normalized spacial score (nSPS) is 10.6. The van der Waals surface area contributed by atoms with Gasteiger partial charge in [-0.05, 0) is 47.1 Å². The van der Waals surface area contributed by atoms with Gasteiger partial charge < -0.3 is 10.6 Å². The predicted octanol–water partition coefficient (Wildman–Crippen LogP) is 5.51. The lowest BCUT2D eigenvalue weighted by Crippen LogP contribution is -2.24. The third kappa shape index (κ3) is 4.84. The van der Waals surface area contributed by atoms with Crippen molar-refractivity contribution >= 4 is 68.2 Å². The van der Waals surface area contributed by atoms with Crippen molar-refractivity contribution in [3.8, 4) is 5.82 Å². The van der Waals surface area contributed by atoms with Gasteiger partial charge in [0.25, 0.3) is 11.8 Å². The quantitative estimate of drug-likeness (QED) is 0.457. The summed E-state index contributed by atoms with van der Waals surface area (Å²) in [6.45, 7) is 5.26. The predicted molar refractivity (Wildman–Crippen MR) is 121 cm³/mol. The molecular weight excluding hydrogens is 517 g/mol. The maximum atomic E-state index is 13.1. The zero-order chi connectivity index (χ0) is 22.0. The third-order valence-corrected chi connectivity index (χ3v) is 4.92. The second-order valence-electron chi connectivity index (χ2n) is 6.07. The number of hydrogen-bond donors (Lipinski definition) is 2. The molecule has 1 aromatic carbocycles. The molecule has 0 aliphatic rings. The highest BCUT2D eigenvalue weighted by atomic mass is 79.9. The van der Waals surface area contributed by atoms with Crippen LogP contribution in [0.2, 0.25) is 15.1 Å². The minimum absolute atomic E-state index is 0.0739. The Morgan fingerprint density at radius 1 is 1.13 bits per heavy atom. The highest BCUT2D eigenvalue weighted by molar-refractivity contribution is 9.10. The van der Waals surface area contributed by atoms with E-state index in [9.17, 15) is 9.59 Å². The van der Waals surface area contributed by atoms with Gasteiger partial charge in [0, 0.05) is 23.0 Å². The minimum Gasteiger partial charge on any atom is -0.327 e. The average Bonchev–Trinajstić information content (AvgIpc) is 3.05. The summed E-state index contributed by atoms with van der Waals surface area (Å²) < 4.78 is 1.66. The number of nitrogens with one attached hydrogen (secondary N) is 2.